The van der Waals surface area contributed by atoms with Crippen LogP contribution in [0, 0.1) is 5.82 Å². The number of benzene rings is 1. The van der Waals surface area contributed by atoms with Crippen molar-refractivity contribution >= 4 is 11.8 Å². The van der Waals surface area contributed by atoms with Crippen LogP contribution >= 0.6 is 0 Å². The summed E-state index contributed by atoms with van der Waals surface area (Å²) in [7, 11) is 0. The van der Waals surface area contributed by atoms with Crippen LogP contribution in [0.15, 0.2) is 18.2 Å². The second-order valence-electron chi connectivity index (χ2n) is 6.99. The number of hydrogen-bond donors (Lipinski definition) is 1. The molecule has 23 heavy (non-hydrogen) atoms. The summed E-state index contributed by atoms with van der Waals surface area (Å²) in [5.41, 5.74) is 6.49. The van der Waals surface area contributed by atoms with E-state index in [2.05, 4.69) is 4.90 Å². The molecular weight excluding hydrogens is 297 g/mol. The van der Waals surface area contributed by atoms with Gasteiger partial charge in [0.1, 0.15) is 11.4 Å². The molecule has 0 atom stereocenters. The van der Waals surface area contributed by atoms with Crippen molar-refractivity contribution in [3.63, 3.8) is 0 Å². The van der Waals surface area contributed by atoms with Crippen molar-refractivity contribution in [3.8, 4) is 0 Å². The predicted molar refractivity (Wildman–Crippen MR) is 88.5 cm³/mol. The quantitative estimate of drug-likeness (QED) is 0.850. The maximum Gasteiger partial charge on any atom is 0.410 e. The van der Waals surface area contributed by atoms with Gasteiger partial charge in [0.15, 0.2) is 0 Å². The van der Waals surface area contributed by atoms with Gasteiger partial charge in [-0.2, -0.15) is 0 Å². The van der Waals surface area contributed by atoms with Crippen LogP contribution in [-0.2, 0) is 11.3 Å². The first-order chi connectivity index (χ1) is 10.7. The van der Waals surface area contributed by atoms with E-state index in [4.69, 9.17) is 10.5 Å². The molecule has 1 amide bonds. The summed E-state index contributed by atoms with van der Waals surface area (Å²) in [6, 6.07) is 4.61. The van der Waals surface area contributed by atoms with Crippen LogP contribution in [0.4, 0.5) is 14.9 Å². The Kier molecular flexibility index (Phi) is 5.46. The highest BCUT2D eigenvalue weighted by molar-refractivity contribution is 5.68. The molecule has 128 valence electrons. The number of nitrogen functional groups attached to an aromatic ring is 1. The van der Waals surface area contributed by atoms with E-state index in [9.17, 15) is 9.18 Å². The molecule has 1 aliphatic heterocycles. The molecule has 1 fully saturated rings. The molecule has 0 bridgehead atoms. The number of carbonyl (C=O) groups excluding carboxylic acids is 1. The van der Waals surface area contributed by atoms with Crippen molar-refractivity contribution < 1.29 is 13.9 Å². The number of amides is 1. The molecule has 6 heteroatoms. The molecule has 0 aliphatic carbocycles. The van der Waals surface area contributed by atoms with Gasteiger partial charge in [-0.05, 0) is 51.0 Å². The lowest BCUT2D eigenvalue weighted by Gasteiger charge is -2.26. The van der Waals surface area contributed by atoms with Crippen molar-refractivity contribution in [3.05, 3.63) is 29.6 Å². The average Bonchev–Trinajstić information content (AvgIpc) is 2.61. The van der Waals surface area contributed by atoms with E-state index in [0.717, 1.165) is 25.1 Å². The molecule has 2 N–H and O–H groups in total. The minimum absolute atomic E-state index is 0.269. The second-order valence-corrected chi connectivity index (χ2v) is 6.99. The largest absolute Gasteiger partial charge is 0.444 e. The number of halogens is 1. The van der Waals surface area contributed by atoms with E-state index in [1.165, 1.54) is 12.1 Å². The summed E-state index contributed by atoms with van der Waals surface area (Å²) in [6.07, 6.45) is 0.596. The van der Waals surface area contributed by atoms with E-state index < -0.39 is 5.60 Å². The third-order valence-electron chi connectivity index (χ3n) is 3.63. The van der Waals surface area contributed by atoms with Gasteiger partial charge in [-0.3, -0.25) is 4.90 Å². The summed E-state index contributed by atoms with van der Waals surface area (Å²) in [5.74, 6) is -0.315. The molecule has 2 rings (SSSR count). The Labute approximate surface area is 137 Å². The van der Waals surface area contributed by atoms with Crippen LogP contribution < -0.4 is 5.73 Å². The minimum Gasteiger partial charge on any atom is -0.444 e. The molecule has 0 spiro atoms. The fourth-order valence-corrected chi connectivity index (χ4v) is 2.66. The lowest BCUT2D eigenvalue weighted by Crippen LogP contribution is -2.39. The van der Waals surface area contributed by atoms with Gasteiger partial charge in [0, 0.05) is 38.4 Å². The molecular formula is C17H26FN3O2. The average molecular weight is 323 g/mol. The number of ether oxygens (including phenoxy) is 1. The van der Waals surface area contributed by atoms with Crippen molar-refractivity contribution in [1.82, 2.24) is 9.80 Å². The molecule has 0 unspecified atom stereocenters. The monoisotopic (exact) mass is 323 g/mol. The minimum atomic E-state index is -0.484. The van der Waals surface area contributed by atoms with Gasteiger partial charge in [-0.25, -0.2) is 9.18 Å². The van der Waals surface area contributed by atoms with Crippen molar-refractivity contribution in [1.29, 1.82) is 0 Å². The molecule has 0 radical (unpaired) electrons. The smallest absolute Gasteiger partial charge is 0.410 e. The third kappa shape index (κ3) is 5.71. The number of nitrogens with zero attached hydrogens (tertiary/aromatic N) is 2. The van der Waals surface area contributed by atoms with E-state index in [1.807, 2.05) is 20.8 Å². The third-order valence-corrected chi connectivity index (χ3v) is 3.63. The normalized spacial score (nSPS) is 17.0. The topological polar surface area (TPSA) is 58.8 Å². The van der Waals surface area contributed by atoms with Crippen LogP contribution in [0.2, 0.25) is 0 Å². The Morgan fingerprint density at radius 2 is 1.96 bits per heavy atom. The van der Waals surface area contributed by atoms with Crippen LogP contribution in [0.3, 0.4) is 0 Å². The summed E-state index contributed by atoms with van der Waals surface area (Å²) in [6.45, 7) is 9.10. The molecule has 1 saturated heterocycles. The fraction of sp³-hybridized carbons (Fsp3) is 0.588. The second kappa shape index (κ2) is 7.17. The molecule has 5 nitrogen and oxygen atoms in total. The zero-order valence-electron chi connectivity index (χ0n) is 14.1. The van der Waals surface area contributed by atoms with Gasteiger partial charge in [0.2, 0.25) is 0 Å². The summed E-state index contributed by atoms with van der Waals surface area (Å²) in [4.78, 5) is 16.1. The van der Waals surface area contributed by atoms with E-state index in [-0.39, 0.29) is 11.9 Å². The first-order valence-corrected chi connectivity index (χ1v) is 7.98. The highest BCUT2D eigenvalue weighted by Gasteiger charge is 2.24. The summed E-state index contributed by atoms with van der Waals surface area (Å²) in [5, 5.41) is 0. The standard InChI is InChI=1S/C17H26FN3O2/c1-17(2,3)23-16(22)21-6-4-5-20(7-8-21)12-13-9-14(18)11-15(19)10-13/h9-11H,4-8,12,19H2,1-3H3. The lowest BCUT2D eigenvalue weighted by atomic mass is 10.2. The van der Waals surface area contributed by atoms with Crippen LogP contribution in [0.25, 0.3) is 0 Å². The van der Waals surface area contributed by atoms with Gasteiger partial charge in [0.05, 0.1) is 0 Å². The van der Waals surface area contributed by atoms with Crippen molar-refractivity contribution in [2.75, 3.05) is 31.9 Å². The van der Waals surface area contributed by atoms with Crippen LogP contribution in [0.1, 0.15) is 32.8 Å². The predicted octanol–water partition coefficient (Wildman–Crippen LogP) is 2.85. The van der Waals surface area contributed by atoms with Crippen molar-refractivity contribution in [2.45, 2.75) is 39.3 Å². The van der Waals surface area contributed by atoms with Crippen molar-refractivity contribution in [2.24, 2.45) is 0 Å². The lowest BCUT2D eigenvalue weighted by molar-refractivity contribution is 0.0257. The zero-order valence-corrected chi connectivity index (χ0v) is 14.1. The van der Waals surface area contributed by atoms with Gasteiger partial charge >= 0.3 is 6.09 Å². The number of carbonyl (C=O) groups is 1. The Bertz CT molecular complexity index is 537. The first kappa shape index (κ1) is 17.5. The molecule has 1 heterocycles. The maximum atomic E-state index is 13.4. The number of anilines is 1. The number of nitrogens with two attached hydrogens (primary N) is 1. The molecule has 0 aromatic heterocycles. The molecule has 1 aliphatic rings. The van der Waals surface area contributed by atoms with Gasteiger partial charge in [0.25, 0.3) is 0 Å². The molecule has 1 aromatic rings. The van der Waals surface area contributed by atoms with Gasteiger partial charge < -0.3 is 15.4 Å². The van der Waals surface area contributed by atoms with Gasteiger partial charge in [-0.15, -0.1) is 0 Å². The highest BCUT2D eigenvalue weighted by Crippen LogP contribution is 2.16. The Balaban J connectivity index is 1.92. The van der Waals surface area contributed by atoms with Crippen LogP contribution in [-0.4, -0.2) is 47.7 Å². The first-order valence-electron chi connectivity index (χ1n) is 7.98. The Hall–Kier alpha value is -1.82. The molecule has 0 saturated carbocycles. The fourth-order valence-electron chi connectivity index (χ4n) is 2.66. The van der Waals surface area contributed by atoms with E-state index in [1.54, 1.807) is 11.0 Å². The van der Waals surface area contributed by atoms with E-state index >= 15 is 0 Å². The number of rotatable bonds is 2. The molecule has 1 aromatic carbocycles. The summed E-state index contributed by atoms with van der Waals surface area (Å²) >= 11 is 0. The summed E-state index contributed by atoms with van der Waals surface area (Å²) < 4.78 is 18.8. The van der Waals surface area contributed by atoms with Gasteiger partial charge in [-0.1, -0.05) is 0 Å². The number of hydrogen-bond acceptors (Lipinski definition) is 4. The zero-order chi connectivity index (χ0) is 17.0. The SMILES string of the molecule is CC(C)(C)OC(=O)N1CCCN(Cc2cc(N)cc(F)c2)CC1. The maximum absolute atomic E-state index is 13.4. The Morgan fingerprint density at radius 3 is 2.61 bits per heavy atom. The Morgan fingerprint density at radius 1 is 1.22 bits per heavy atom. The highest BCUT2D eigenvalue weighted by atomic mass is 19.1. The van der Waals surface area contributed by atoms with E-state index in [0.29, 0.717) is 25.3 Å². The van der Waals surface area contributed by atoms with Crippen LogP contribution in [0.5, 0.6) is 0 Å².